The molecule has 0 bridgehead atoms. The SMILES string of the molecule is CC[C@H](C(=O)NCC(C)C)N(Cc1cccc(OC)c1)C(=O)CN(c1ccccc1C)S(=O)(=O)c1ccccc1. The van der Waals surface area contributed by atoms with Gasteiger partial charge in [0.05, 0.1) is 17.7 Å². The van der Waals surface area contributed by atoms with Crippen molar-refractivity contribution in [2.24, 2.45) is 5.92 Å². The maximum absolute atomic E-state index is 14.1. The molecular weight excluding hydrogens is 526 g/mol. The molecule has 3 rings (SSSR count). The summed E-state index contributed by atoms with van der Waals surface area (Å²) in [5.74, 6) is 0.0879. The summed E-state index contributed by atoms with van der Waals surface area (Å²) < 4.78 is 34.3. The van der Waals surface area contributed by atoms with Crippen LogP contribution in [0.4, 0.5) is 5.69 Å². The molecule has 3 aromatic carbocycles. The molecule has 0 aromatic heterocycles. The minimum absolute atomic E-state index is 0.0760. The van der Waals surface area contributed by atoms with Gasteiger partial charge in [0.2, 0.25) is 11.8 Å². The molecule has 0 spiro atoms. The first-order valence-corrected chi connectivity index (χ1v) is 14.9. The Morgan fingerprint density at radius 2 is 1.62 bits per heavy atom. The van der Waals surface area contributed by atoms with Crippen LogP contribution in [0.1, 0.15) is 38.3 Å². The van der Waals surface area contributed by atoms with Gasteiger partial charge in [0.25, 0.3) is 10.0 Å². The molecule has 214 valence electrons. The number of amides is 2. The standard InChI is InChI=1S/C31H39N3O5S/c1-6-28(31(36)32-20-23(2)3)33(21-25-14-12-15-26(19-25)39-5)30(35)22-34(29-18-11-10-13-24(29)4)40(37,38)27-16-8-7-9-17-27/h7-19,23,28H,6,20-22H2,1-5H3,(H,32,36)/t28-/m1/s1. The van der Waals surface area contributed by atoms with Gasteiger partial charge in [-0.3, -0.25) is 13.9 Å². The quantitative estimate of drug-likeness (QED) is 0.322. The van der Waals surface area contributed by atoms with E-state index in [1.165, 1.54) is 17.0 Å². The van der Waals surface area contributed by atoms with Crippen LogP contribution in [0.5, 0.6) is 5.75 Å². The highest BCUT2D eigenvalue weighted by atomic mass is 32.2. The largest absolute Gasteiger partial charge is 0.497 e. The Hall–Kier alpha value is -3.85. The maximum atomic E-state index is 14.1. The summed E-state index contributed by atoms with van der Waals surface area (Å²) in [6, 6.07) is 21.6. The van der Waals surface area contributed by atoms with Gasteiger partial charge in [0.1, 0.15) is 18.3 Å². The topological polar surface area (TPSA) is 96.0 Å². The summed E-state index contributed by atoms with van der Waals surface area (Å²) in [6.07, 6.45) is 0.357. The van der Waals surface area contributed by atoms with E-state index in [2.05, 4.69) is 5.32 Å². The maximum Gasteiger partial charge on any atom is 0.264 e. The number of methoxy groups -OCH3 is 1. The Morgan fingerprint density at radius 1 is 0.950 bits per heavy atom. The number of nitrogens with one attached hydrogen (secondary N) is 1. The third-order valence-electron chi connectivity index (χ3n) is 6.55. The molecule has 8 nitrogen and oxygen atoms in total. The van der Waals surface area contributed by atoms with Crippen molar-refractivity contribution in [3.63, 3.8) is 0 Å². The molecular formula is C31H39N3O5S. The molecule has 0 aliphatic carbocycles. The van der Waals surface area contributed by atoms with E-state index in [4.69, 9.17) is 4.74 Å². The van der Waals surface area contributed by atoms with Crippen molar-refractivity contribution in [3.8, 4) is 5.75 Å². The minimum Gasteiger partial charge on any atom is -0.497 e. The fourth-order valence-electron chi connectivity index (χ4n) is 4.39. The highest BCUT2D eigenvalue weighted by Crippen LogP contribution is 2.27. The average molecular weight is 566 g/mol. The van der Waals surface area contributed by atoms with Crippen LogP contribution in [0.2, 0.25) is 0 Å². The number of anilines is 1. The molecule has 9 heteroatoms. The number of ether oxygens (including phenoxy) is 1. The number of hydrogen-bond donors (Lipinski definition) is 1. The van der Waals surface area contributed by atoms with Gasteiger partial charge >= 0.3 is 0 Å². The first-order valence-electron chi connectivity index (χ1n) is 13.4. The molecule has 0 saturated carbocycles. The van der Waals surface area contributed by atoms with Gasteiger partial charge in [0.15, 0.2) is 0 Å². The molecule has 40 heavy (non-hydrogen) atoms. The highest BCUT2D eigenvalue weighted by molar-refractivity contribution is 7.92. The molecule has 0 heterocycles. The van der Waals surface area contributed by atoms with Crippen molar-refractivity contribution < 1.29 is 22.7 Å². The van der Waals surface area contributed by atoms with E-state index in [1.54, 1.807) is 62.6 Å². The van der Waals surface area contributed by atoms with Crippen LogP contribution >= 0.6 is 0 Å². The molecule has 0 radical (unpaired) electrons. The summed E-state index contributed by atoms with van der Waals surface area (Å²) in [5.41, 5.74) is 1.87. The van der Waals surface area contributed by atoms with Crippen molar-refractivity contribution in [3.05, 3.63) is 90.0 Å². The molecule has 0 unspecified atom stereocenters. The minimum atomic E-state index is -4.10. The van der Waals surface area contributed by atoms with Gasteiger partial charge in [-0.1, -0.05) is 69.3 Å². The van der Waals surface area contributed by atoms with Crippen LogP contribution in [0.15, 0.2) is 83.8 Å². The Labute approximate surface area is 238 Å². The van der Waals surface area contributed by atoms with E-state index in [-0.39, 0.29) is 23.3 Å². The fraction of sp³-hybridized carbons (Fsp3) is 0.355. The molecule has 2 amide bonds. The summed E-state index contributed by atoms with van der Waals surface area (Å²) in [5, 5.41) is 2.94. The Kier molecular flexibility index (Phi) is 10.7. The molecule has 0 fully saturated rings. The number of carbonyl (C=O) groups is 2. The summed E-state index contributed by atoms with van der Waals surface area (Å²) in [7, 11) is -2.54. The monoisotopic (exact) mass is 565 g/mol. The number of sulfonamides is 1. The average Bonchev–Trinajstić information content (AvgIpc) is 2.95. The number of benzene rings is 3. The third kappa shape index (κ3) is 7.63. The van der Waals surface area contributed by atoms with Crippen molar-refractivity contribution in [1.82, 2.24) is 10.2 Å². The molecule has 1 N–H and O–H groups in total. The Morgan fingerprint density at radius 3 is 2.25 bits per heavy atom. The lowest BCUT2D eigenvalue weighted by atomic mass is 10.1. The van der Waals surface area contributed by atoms with Crippen LogP contribution in [0.3, 0.4) is 0 Å². The fourth-order valence-corrected chi connectivity index (χ4v) is 5.89. The predicted octanol–water partition coefficient (Wildman–Crippen LogP) is 4.78. The van der Waals surface area contributed by atoms with Crippen LogP contribution < -0.4 is 14.4 Å². The zero-order valence-electron chi connectivity index (χ0n) is 23.8. The summed E-state index contributed by atoms with van der Waals surface area (Å²) in [4.78, 5) is 29.0. The molecule has 0 saturated heterocycles. The van der Waals surface area contributed by atoms with E-state index in [1.807, 2.05) is 39.0 Å². The summed E-state index contributed by atoms with van der Waals surface area (Å²) in [6.45, 7) is 7.73. The van der Waals surface area contributed by atoms with E-state index in [9.17, 15) is 18.0 Å². The van der Waals surface area contributed by atoms with E-state index >= 15 is 0 Å². The lowest BCUT2D eigenvalue weighted by molar-refractivity contribution is -0.140. The van der Waals surface area contributed by atoms with Gasteiger partial charge in [-0.2, -0.15) is 0 Å². The normalized spacial score (nSPS) is 12.1. The molecule has 0 aliphatic rings. The second kappa shape index (κ2) is 14.0. The van der Waals surface area contributed by atoms with E-state index in [0.717, 1.165) is 9.87 Å². The molecule has 3 aromatic rings. The van der Waals surface area contributed by atoms with Crippen molar-refractivity contribution >= 4 is 27.5 Å². The van der Waals surface area contributed by atoms with Gasteiger partial charge in [-0.15, -0.1) is 0 Å². The van der Waals surface area contributed by atoms with Gasteiger partial charge in [0, 0.05) is 13.1 Å². The van der Waals surface area contributed by atoms with Crippen molar-refractivity contribution in [1.29, 1.82) is 0 Å². The van der Waals surface area contributed by atoms with Crippen LogP contribution in [0.25, 0.3) is 0 Å². The van der Waals surface area contributed by atoms with Crippen LogP contribution in [-0.2, 0) is 26.2 Å². The lowest BCUT2D eigenvalue weighted by Crippen LogP contribution is -2.52. The first kappa shape index (κ1) is 30.7. The zero-order valence-corrected chi connectivity index (χ0v) is 24.6. The van der Waals surface area contributed by atoms with E-state index in [0.29, 0.717) is 30.0 Å². The van der Waals surface area contributed by atoms with Crippen molar-refractivity contribution in [2.45, 2.75) is 51.6 Å². The Balaban J connectivity index is 2.06. The van der Waals surface area contributed by atoms with E-state index < -0.39 is 28.5 Å². The molecule has 0 aliphatic heterocycles. The van der Waals surface area contributed by atoms with Crippen molar-refractivity contribution in [2.75, 3.05) is 24.5 Å². The Bertz CT molecular complexity index is 1390. The number of nitrogens with zero attached hydrogens (tertiary/aromatic N) is 2. The van der Waals surface area contributed by atoms with Gasteiger partial charge in [-0.05, 0) is 60.7 Å². The predicted molar refractivity (Wildman–Crippen MR) is 158 cm³/mol. The third-order valence-corrected chi connectivity index (χ3v) is 8.33. The highest BCUT2D eigenvalue weighted by Gasteiger charge is 2.34. The number of hydrogen-bond acceptors (Lipinski definition) is 5. The second-order valence-electron chi connectivity index (χ2n) is 10.0. The zero-order chi connectivity index (χ0) is 29.3. The molecule has 1 atom stereocenters. The number of carbonyl (C=O) groups excluding carboxylic acids is 2. The first-order chi connectivity index (χ1) is 19.1. The van der Waals surface area contributed by atoms with Crippen LogP contribution in [-0.4, -0.2) is 51.4 Å². The number of rotatable bonds is 13. The second-order valence-corrected chi connectivity index (χ2v) is 11.9. The van der Waals surface area contributed by atoms with Gasteiger partial charge in [-0.25, -0.2) is 8.42 Å². The smallest absolute Gasteiger partial charge is 0.264 e. The van der Waals surface area contributed by atoms with Crippen LogP contribution in [0, 0.1) is 12.8 Å². The summed E-state index contributed by atoms with van der Waals surface area (Å²) >= 11 is 0. The lowest BCUT2D eigenvalue weighted by Gasteiger charge is -2.33. The number of para-hydroxylation sites is 1. The number of aryl methyl sites for hydroxylation is 1. The van der Waals surface area contributed by atoms with Gasteiger partial charge < -0.3 is 15.0 Å².